The number of hydrogen-bond acceptors (Lipinski definition) is 5. The second-order valence-electron chi connectivity index (χ2n) is 9.96. The Hall–Kier alpha value is -4.20. The van der Waals surface area contributed by atoms with E-state index >= 15 is 0 Å². The molecule has 0 unspecified atom stereocenters. The van der Waals surface area contributed by atoms with Gasteiger partial charge in [0.2, 0.25) is 11.8 Å². The monoisotopic (exact) mass is 499 g/mol. The number of aryl methyl sites for hydroxylation is 1. The molecule has 1 heterocycles. The van der Waals surface area contributed by atoms with E-state index in [1.54, 1.807) is 21.7 Å². The summed E-state index contributed by atoms with van der Waals surface area (Å²) in [5.41, 5.74) is 3.57. The number of rotatable bonds is 9. The lowest BCUT2D eigenvalue weighted by Crippen LogP contribution is -2.50. The molecule has 0 aliphatic rings. The summed E-state index contributed by atoms with van der Waals surface area (Å²) in [4.78, 5) is 29.3. The van der Waals surface area contributed by atoms with E-state index in [1.807, 2.05) is 76.2 Å². The average molecular weight is 500 g/mol. The molecule has 0 aliphatic heterocycles. The number of amides is 2. The summed E-state index contributed by atoms with van der Waals surface area (Å²) < 4.78 is 1.56. The predicted octanol–water partition coefficient (Wildman–Crippen LogP) is 4.52. The van der Waals surface area contributed by atoms with Crippen molar-refractivity contribution in [2.45, 2.75) is 58.8 Å². The number of fused-ring (bicyclic) bond motifs is 1. The molecule has 0 fully saturated rings. The van der Waals surface area contributed by atoms with Crippen molar-refractivity contribution in [3.05, 3.63) is 89.5 Å². The van der Waals surface area contributed by atoms with E-state index in [0.717, 1.165) is 23.1 Å². The first-order valence-electron chi connectivity index (χ1n) is 12.4. The zero-order valence-corrected chi connectivity index (χ0v) is 21.7. The van der Waals surface area contributed by atoms with E-state index < -0.39 is 11.6 Å². The molecule has 0 spiro atoms. The molecule has 1 aromatic heterocycles. The van der Waals surface area contributed by atoms with Gasteiger partial charge >= 0.3 is 0 Å². The standard InChI is InChI=1S/C29H33N5O3/c1-5-29(3,4)30-28(37)27(22-14-16-23(35)17-15-22)33(18-21-12-10-20(2)11-13-21)26(36)19-34-25-9-7-6-8-24(25)31-32-34/h6-17,27,35H,5,18-19H2,1-4H3,(H,30,37)/t27-/m0/s1. The second-order valence-corrected chi connectivity index (χ2v) is 9.96. The first-order chi connectivity index (χ1) is 17.7. The van der Waals surface area contributed by atoms with Gasteiger partial charge in [-0.1, -0.05) is 66.2 Å². The number of nitrogens with one attached hydrogen (secondary N) is 1. The average Bonchev–Trinajstić information content (AvgIpc) is 3.28. The number of para-hydroxylation sites is 1. The van der Waals surface area contributed by atoms with Crippen LogP contribution in [0.4, 0.5) is 0 Å². The van der Waals surface area contributed by atoms with Crippen LogP contribution in [0.1, 0.15) is 49.9 Å². The molecule has 0 radical (unpaired) electrons. The second kappa shape index (κ2) is 10.8. The predicted molar refractivity (Wildman–Crippen MR) is 143 cm³/mol. The number of phenolic OH excluding ortho intramolecular Hbond substituents is 1. The van der Waals surface area contributed by atoms with E-state index in [2.05, 4.69) is 15.6 Å². The quantitative estimate of drug-likeness (QED) is 0.353. The molecule has 4 aromatic rings. The molecule has 192 valence electrons. The molecule has 2 amide bonds. The molecule has 0 saturated heterocycles. The molecule has 37 heavy (non-hydrogen) atoms. The Balaban J connectivity index is 1.76. The molecule has 0 bridgehead atoms. The molecular weight excluding hydrogens is 466 g/mol. The highest BCUT2D eigenvalue weighted by atomic mass is 16.3. The summed E-state index contributed by atoms with van der Waals surface area (Å²) >= 11 is 0. The van der Waals surface area contributed by atoms with Crippen LogP contribution in [-0.2, 0) is 22.7 Å². The van der Waals surface area contributed by atoms with Gasteiger partial charge in [-0.15, -0.1) is 5.10 Å². The first kappa shape index (κ1) is 25.9. The molecule has 8 nitrogen and oxygen atoms in total. The number of carbonyl (C=O) groups excluding carboxylic acids is 2. The van der Waals surface area contributed by atoms with Crippen LogP contribution in [-0.4, -0.2) is 42.4 Å². The number of carbonyl (C=O) groups is 2. The minimum Gasteiger partial charge on any atom is -0.508 e. The third-order valence-electron chi connectivity index (χ3n) is 6.61. The van der Waals surface area contributed by atoms with Crippen LogP contribution in [0.25, 0.3) is 11.0 Å². The van der Waals surface area contributed by atoms with E-state index in [0.29, 0.717) is 11.1 Å². The van der Waals surface area contributed by atoms with E-state index in [9.17, 15) is 14.7 Å². The summed E-state index contributed by atoms with van der Waals surface area (Å²) in [5, 5.41) is 21.3. The van der Waals surface area contributed by atoms with Crippen molar-refractivity contribution in [2.24, 2.45) is 0 Å². The maximum absolute atomic E-state index is 14.0. The van der Waals surface area contributed by atoms with Gasteiger partial charge in [0.1, 0.15) is 23.9 Å². The largest absolute Gasteiger partial charge is 0.508 e. The zero-order valence-electron chi connectivity index (χ0n) is 21.7. The zero-order chi connectivity index (χ0) is 26.6. The van der Waals surface area contributed by atoms with Crippen LogP contribution in [0.5, 0.6) is 5.75 Å². The summed E-state index contributed by atoms with van der Waals surface area (Å²) in [6.45, 7) is 8.05. The SMILES string of the molecule is CCC(C)(C)NC(=O)[C@H](c1ccc(O)cc1)N(Cc1ccc(C)cc1)C(=O)Cn1nnc2ccccc21. The third kappa shape index (κ3) is 6.14. The van der Waals surface area contributed by atoms with Crippen LogP contribution in [0, 0.1) is 6.92 Å². The Morgan fingerprint density at radius 3 is 2.38 bits per heavy atom. The van der Waals surface area contributed by atoms with Crippen molar-refractivity contribution in [1.29, 1.82) is 0 Å². The fourth-order valence-electron chi connectivity index (χ4n) is 4.09. The fraction of sp³-hybridized carbons (Fsp3) is 0.310. The maximum Gasteiger partial charge on any atom is 0.247 e. The van der Waals surface area contributed by atoms with Crippen LogP contribution < -0.4 is 5.32 Å². The summed E-state index contributed by atoms with van der Waals surface area (Å²) in [7, 11) is 0. The van der Waals surface area contributed by atoms with Crippen molar-refractivity contribution in [3.63, 3.8) is 0 Å². The Morgan fingerprint density at radius 1 is 1.03 bits per heavy atom. The van der Waals surface area contributed by atoms with Crippen molar-refractivity contribution < 1.29 is 14.7 Å². The summed E-state index contributed by atoms with van der Waals surface area (Å²) in [5.74, 6) is -0.484. The van der Waals surface area contributed by atoms with Gasteiger partial charge in [0.15, 0.2) is 0 Å². The highest BCUT2D eigenvalue weighted by Gasteiger charge is 2.34. The van der Waals surface area contributed by atoms with Gasteiger partial charge in [-0.2, -0.15) is 0 Å². The van der Waals surface area contributed by atoms with Gasteiger partial charge in [-0.25, -0.2) is 4.68 Å². The van der Waals surface area contributed by atoms with E-state index in [-0.39, 0.29) is 30.7 Å². The Labute approximate surface area is 216 Å². The molecule has 4 rings (SSSR count). The highest BCUT2D eigenvalue weighted by Crippen LogP contribution is 2.27. The normalized spacial score (nSPS) is 12.3. The molecule has 0 aliphatic carbocycles. The molecule has 2 N–H and O–H groups in total. The van der Waals surface area contributed by atoms with Crippen molar-refractivity contribution in [3.8, 4) is 5.75 Å². The number of nitrogens with zero attached hydrogens (tertiary/aromatic N) is 4. The van der Waals surface area contributed by atoms with Crippen LogP contribution in [0.3, 0.4) is 0 Å². The molecule has 0 saturated carbocycles. The molecule has 8 heteroatoms. The molecule has 3 aromatic carbocycles. The lowest BCUT2D eigenvalue weighted by Gasteiger charge is -2.34. The molecule has 1 atom stereocenters. The highest BCUT2D eigenvalue weighted by molar-refractivity contribution is 5.89. The van der Waals surface area contributed by atoms with Crippen LogP contribution >= 0.6 is 0 Å². The first-order valence-corrected chi connectivity index (χ1v) is 12.4. The summed E-state index contributed by atoms with van der Waals surface area (Å²) in [6.07, 6.45) is 0.720. The molecular formula is C29H33N5O3. The van der Waals surface area contributed by atoms with Crippen molar-refractivity contribution >= 4 is 22.8 Å². The maximum atomic E-state index is 14.0. The van der Waals surface area contributed by atoms with Gasteiger partial charge in [0.05, 0.1) is 5.52 Å². The Morgan fingerprint density at radius 2 is 1.70 bits per heavy atom. The Kier molecular flexibility index (Phi) is 7.57. The van der Waals surface area contributed by atoms with Gasteiger partial charge in [0, 0.05) is 12.1 Å². The van der Waals surface area contributed by atoms with E-state index in [4.69, 9.17) is 0 Å². The van der Waals surface area contributed by atoms with Gasteiger partial charge in [0.25, 0.3) is 0 Å². The lowest BCUT2D eigenvalue weighted by molar-refractivity contribution is -0.143. The van der Waals surface area contributed by atoms with Crippen molar-refractivity contribution in [1.82, 2.24) is 25.2 Å². The summed E-state index contributed by atoms with van der Waals surface area (Å²) in [6, 6.07) is 20.8. The van der Waals surface area contributed by atoms with E-state index in [1.165, 1.54) is 12.1 Å². The van der Waals surface area contributed by atoms with Crippen LogP contribution in [0.15, 0.2) is 72.8 Å². The topological polar surface area (TPSA) is 100 Å². The lowest BCUT2D eigenvalue weighted by atomic mass is 9.98. The minimum atomic E-state index is -0.921. The number of aromatic hydroxyl groups is 1. The number of phenols is 1. The van der Waals surface area contributed by atoms with Gasteiger partial charge in [-0.3, -0.25) is 9.59 Å². The Bertz CT molecular complexity index is 1380. The van der Waals surface area contributed by atoms with Crippen molar-refractivity contribution in [2.75, 3.05) is 0 Å². The number of aromatic nitrogens is 3. The number of benzene rings is 3. The minimum absolute atomic E-state index is 0.0780. The smallest absolute Gasteiger partial charge is 0.247 e. The van der Waals surface area contributed by atoms with Crippen LogP contribution in [0.2, 0.25) is 0 Å². The third-order valence-corrected chi connectivity index (χ3v) is 6.61. The fourth-order valence-corrected chi connectivity index (χ4v) is 4.09. The van der Waals surface area contributed by atoms with Gasteiger partial charge < -0.3 is 15.3 Å². The number of hydrogen-bond donors (Lipinski definition) is 2. The van der Waals surface area contributed by atoms with Gasteiger partial charge in [-0.05, 0) is 62.6 Å².